The number of aromatic nitrogens is 2. The summed E-state index contributed by atoms with van der Waals surface area (Å²) in [6.45, 7) is 3.13. The molecule has 0 atom stereocenters. The van der Waals surface area contributed by atoms with Gasteiger partial charge in [0.25, 0.3) is 0 Å². The van der Waals surface area contributed by atoms with Gasteiger partial charge in [-0.15, -0.1) is 5.10 Å². The topological polar surface area (TPSA) is 47.0 Å². The number of hydrogen-bond donors (Lipinski definition) is 1. The third-order valence-electron chi connectivity index (χ3n) is 2.17. The van der Waals surface area contributed by atoms with Crippen molar-refractivity contribution in [3.63, 3.8) is 0 Å². The molecule has 7 heteroatoms. The molecule has 1 N–H and O–H groups in total. The molecule has 0 radical (unpaired) electrons. The highest BCUT2D eigenvalue weighted by molar-refractivity contribution is 7.10. The third-order valence-corrected chi connectivity index (χ3v) is 3.70. The minimum Gasteiger partial charge on any atom is -0.485 e. The maximum Gasteiger partial charge on any atom is 0.140 e. The van der Waals surface area contributed by atoms with Gasteiger partial charge in [-0.25, -0.2) is 0 Å². The average Bonchev–Trinajstić information content (AvgIpc) is 2.79. The number of nitrogens with one attached hydrogen (secondary N) is 1. The fourth-order valence-electron chi connectivity index (χ4n) is 1.34. The van der Waals surface area contributed by atoms with Crippen LogP contribution in [0.15, 0.2) is 18.2 Å². The largest absolute Gasteiger partial charge is 0.485 e. The Kier molecular flexibility index (Phi) is 4.63. The molecule has 96 valence electrons. The van der Waals surface area contributed by atoms with Crippen molar-refractivity contribution < 1.29 is 4.74 Å². The van der Waals surface area contributed by atoms with E-state index in [9.17, 15) is 0 Å². The Morgan fingerprint density at radius 1 is 1.39 bits per heavy atom. The minimum atomic E-state index is 0.304. The molecule has 2 aromatic rings. The molecule has 0 spiro atoms. The molecular formula is C11H11Cl2N3OS. The number of nitrogens with zero attached hydrogens (tertiary/aromatic N) is 2. The van der Waals surface area contributed by atoms with Gasteiger partial charge in [0.05, 0.1) is 5.02 Å². The molecule has 0 aliphatic carbocycles. The van der Waals surface area contributed by atoms with Crippen LogP contribution >= 0.6 is 34.7 Å². The molecule has 2 rings (SSSR count). The van der Waals surface area contributed by atoms with Crippen molar-refractivity contribution in [1.82, 2.24) is 9.59 Å². The Morgan fingerprint density at radius 2 is 2.22 bits per heavy atom. The van der Waals surface area contributed by atoms with Gasteiger partial charge in [0.2, 0.25) is 0 Å². The fourth-order valence-corrected chi connectivity index (χ4v) is 2.32. The smallest absolute Gasteiger partial charge is 0.140 e. The Balaban J connectivity index is 2.07. The normalized spacial score (nSPS) is 10.4. The zero-order valence-electron chi connectivity index (χ0n) is 9.61. The average molecular weight is 304 g/mol. The maximum absolute atomic E-state index is 6.03. The van der Waals surface area contributed by atoms with Crippen molar-refractivity contribution in [2.75, 3.05) is 11.9 Å². The van der Waals surface area contributed by atoms with Crippen LogP contribution in [0.25, 0.3) is 0 Å². The third kappa shape index (κ3) is 3.04. The Morgan fingerprint density at radius 3 is 3.00 bits per heavy atom. The van der Waals surface area contributed by atoms with Gasteiger partial charge >= 0.3 is 0 Å². The monoisotopic (exact) mass is 303 g/mol. The van der Waals surface area contributed by atoms with Gasteiger partial charge in [0.15, 0.2) is 0 Å². The van der Waals surface area contributed by atoms with E-state index in [4.69, 9.17) is 27.9 Å². The van der Waals surface area contributed by atoms with Crippen LogP contribution in [0, 0.1) is 0 Å². The fraction of sp³-hybridized carbons (Fsp3) is 0.273. The summed E-state index contributed by atoms with van der Waals surface area (Å²) in [4.78, 5) is 0. The van der Waals surface area contributed by atoms with E-state index in [1.54, 1.807) is 18.2 Å². The van der Waals surface area contributed by atoms with Gasteiger partial charge < -0.3 is 10.1 Å². The summed E-state index contributed by atoms with van der Waals surface area (Å²) in [5.41, 5.74) is 0.762. The number of rotatable bonds is 5. The predicted octanol–water partition coefficient (Wildman–Crippen LogP) is 3.86. The summed E-state index contributed by atoms with van der Waals surface area (Å²) < 4.78 is 9.48. The lowest BCUT2D eigenvalue weighted by atomic mass is 10.3. The standard InChI is InChI=1S/C11H11Cl2N3OS/c1-2-14-11-8(15-16-18-11)6-17-9-5-3-4-7(12)10(9)13/h3-5,14H,2,6H2,1H3. The van der Waals surface area contributed by atoms with Crippen LogP contribution in [0.1, 0.15) is 12.6 Å². The predicted molar refractivity (Wildman–Crippen MR) is 74.9 cm³/mol. The highest BCUT2D eigenvalue weighted by atomic mass is 35.5. The summed E-state index contributed by atoms with van der Waals surface area (Å²) in [6.07, 6.45) is 0. The molecular weight excluding hydrogens is 293 g/mol. The van der Waals surface area contributed by atoms with E-state index in [2.05, 4.69) is 14.9 Å². The second-order valence-corrected chi connectivity index (χ2v) is 4.96. The summed E-state index contributed by atoms with van der Waals surface area (Å²) in [7, 11) is 0. The summed E-state index contributed by atoms with van der Waals surface area (Å²) in [5, 5.41) is 8.97. The van der Waals surface area contributed by atoms with E-state index in [1.807, 2.05) is 6.92 Å². The summed E-state index contributed by atoms with van der Waals surface area (Å²) in [6, 6.07) is 5.26. The van der Waals surface area contributed by atoms with Crippen LogP contribution in [0.5, 0.6) is 5.75 Å². The van der Waals surface area contributed by atoms with E-state index in [1.165, 1.54) is 11.5 Å². The van der Waals surface area contributed by atoms with Crippen molar-refractivity contribution >= 4 is 39.7 Å². The summed E-state index contributed by atoms with van der Waals surface area (Å²) in [5.74, 6) is 0.541. The van der Waals surface area contributed by atoms with Gasteiger partial charge in [0.1, 0.15) is 28.1 Å². The molecule has 0 fully saturated rings. The lowest BCUT2D eigenvalue weighted by molar-refractivity contribution is 0.302. The van der Waals surface area contributed by atoms with Crippen LogP contribution < -0.4 is 10.1 Å². The number of hydrogen-bond acceptors (Lipinski definition) is 5. The zero-order chi connectivity index (χ0) is 13.0. The van der Waals surface area contributed by atoms with Gasteiger partial charge in [-0.3, -0.25) is 0 Å². The van der Waals surface area contributed by atoms with E-state index in [0.29, 0.717) is 22.4 Å². The van der Waals surface area contributed by atoms with E-state index >= 15 is 0 Å². The van der Waals surface area contributed by atoms with Gasteiger partial charge in [-0.1, -0.05) is 33.8 Å². The quantitative estimate of drug-likeness (QED) is 0.911. The number of ether oxygens (including phenoxy) is 1. The van der Waals surface area contributed by atoms with E-state index < -0.39 is 0 Å². The van der Waals surface area contributed by atoms with Gasteiger partial charge in [0, 0.05) is 18.1 Å². The van der Waals surface area contributed by atoms with Gasteiger partial charge in [-0.2, -0.15) is 0 Å². The lowest BCUT2D eigenvalue weighted by Crippen LogP contribution is -2.02. The van der Waals surface area contributed by atoms with Crippen molar-refractivity contribution in [3.8, 4) is 5.75 Å². The van der Waals surface area contributed by atoms with Crippen LogP contribution in [-0.2, 0) is 6.61 Å². The first-order valence-corrected chi connectivity index (χ1v) is 6.87. The molecule has 0 unspecified atom stereocenters. The molecule has 0 saturated heterocycles. The first-order valence-electron chi connectivity index (χ1n) is 5.34. The molecule has 18 heavy (non-hydrogen) atoms. The van der Waals surface area contributed by atoms with Crippen LogP contribution in [0.3, 0.4) is 0 Å². The number of anilines is 1. The van der Waals surface area contributed by atoms with Crippen molar-refractivity contribution in [1.29, 1.82) is 0 Å². The highest BCUT2D eigenvalue weighted by Gasteiger charge is 2.10. The molecule has 0 aliphatic rings. The first-order chi connectivity index (χ1) is 8.72. The number of halogens is 2. The zero-order valence-corrected chi connectivity index (χ0v) is 11.9. The molecule has 0 saturated carbocycles. The Bertz CT molecular complexity index is 533. The molecule has 1 heterocycles. The second kappa shape index (κ2) is 6.22. The van der Waals surface area contributed by atoms with Gasteiger partial charge in [-0.05, 0) is 19.1 Å². The molecule has 0 amide bonds. The van der Waals surface area contributed by atoms with Crippen molar-refractivity contribution in [2.45, 2.75) is 13.5 Å². The minimum absolute atomic E-state index is 0.304. The first kappa shape index (κ1) is 13.4. The molecule has 1 aromatic carbocycles. The van der Waals surface area contributed by atoms with E-state index in [0.717, 1.165) is 17.2 Å². The summed E-state index contributed by atoms with van der Waals surface area (Å²) >= 11 is 13.2. The Hall–Kier alpha value is -1.04. The second-order valence-electron chi connectivity index (χ2n) is 3.42. The van der Waals surface area contributed by atoms with Crippen molar-refractivity contribution in [2.24, 2.45) is 0 Å². The lowest BCUT2D eigenvalue weighted by Gasteiger charge is -2.08. The van der Waals surface area contributed by atoms with Crippen molar-refractivity contribution in [3.05, 3.63) is 33.9 Å². The molecule has 0 aliphatic heterocycles. The van der Waals surface area contributed by atoms with Crippen LogP contribution in [0.4, 0.5) is 5.00 Å². The molecule has 1 aromatic heterocycles. The van der Waals surface area contributed by atoms with Crippen LogP contribution in [0.2, 0.25) is 10.0 Å². The van der Waals surface area contributed by atoms with Crippen LogP contribution in [-0.4, -0.2) is 16.1 Å². The highest BCUT2D eigenvalue weighted by Crippen LogP contribution is 2.32. The maximum atomic E-state index is 6.03. The van der Waals surface area contributed by atoms with E-state index in [-0.39, 0.29) is 0 Å². The molecule has 0 bridgehead atoms. The Labute approximate surface area is 119 Å². The SMILES string of the molecule is CCNc1snnc1COc1cccc(Cl)c1Cl. The molecule has 4 nitrogen and oxygen atoms in total. The number of benzene rings is 1.